The molecule has 0 radical (unpaired) electrons. The van der Waals surface area contributed by atoms with Crippen molar-refractivity contribution < 1.29 is 27.1 Å². The lowest BCUT2D eigenvalue weighted by atomic mass is 10.00. The van der Waals surface area contributed by atoms with Gasteiger partial charge in [-0.1, -0.05) is 13.8 Å². The van der Waals surface area contributed by atoms with Crippen LogP contribution in [0.3, 0.4) is 0 Å². The van der Waals surface area contributed by atoms with Gasteiger partial charge in [-0.15, -0.1) is 0 Å². The third-order valence-corrected chi connectivity index (χ3v) is 6.40. The van der Waals surface area contributed by atoms with Crippen molar-refractivity contribution in [2.45, 2.75) is 45.5 Å². The number of pyridine rings is 1. The first-order chi connectivity index (χ1) is 16.1. The van der Waals surface area contributed by atoms with E-state index in [1.54, 1.807) is 12.3 Å². The zero-order valence-electron chi connectivity index (χ0n) is 18.8. The van der Waals surface area contributed by atoms with Gasteiger partial charge in [0.15, 0.2) is 0 Å². The number of ether oxygens (including phenoxy) is 1. The van der Waals surface area contributed by atoms with Crippen LogP contribution in [0.1, 0.15) is 26.7 Å². The summed E-state index contributed by atoms with van der Waals surface area (Å²) in [6.45, 7) is 3.48. The number of nitrogens with zero attached hydrogens (tertiary/aromatic N) is 3. The van der Waals surface area contributed by atoms with E-state index in [2.05, 4.69) is 29.2 Å². The third-order valence-electron chi connectivity index (χ3n) is 6.40. The second kappa shape index (κ2) is 9.60. The van der Waals surface area contributed by atoms with Crippen molar-refractivity contribution in [1.82, 2.24) is 14.8 Å². The number of carbonyl (C=O) groups excluding carboxylic acids is 1. The van der Waals surface area contributed by atoms with Gasteiger partial charge in [-0.3, -0.25) is 14.5 Å². The summed E-state index contributed by atoms with van der Waals surface area (Å²) in [5, 5.41) is 6.35. The molecule has 182 valence electrons. The Balaban J connectivity index is 0.000000182. The standard InChI is InChI=1S/C18H20FNO.C6H6F3N3O/c1-10(2)18-13-8-12(9-14(13)18)21-17-5-6-20-16-4-3-11(19)7-15(16)17;7-6(8,9)3-12-2-5(1-11-12)10-4-13/h3-7,10,12-14,18H,8-9H2,1-2H3;1-2,4H,3H2,(H,10,13). The highest BCUT2D eigenvalue weighted by atomic mass is 19.4. The van der Waals surface area contributed by atoms with Crippen molar-refractivity contribution in [2.24, 2.45) is 23.7 Å². The van der Waals surface area contributed by atoms with Crippen molar-refractivity contribution in [3.8, 4) is 5.75 Å². The minimum atomic E-state index is -4.30. The molecular weight excluding hydrogens is 452 g/mol. The summed E-state index contributed by atoms with van der Waals surface area (Å²) in [7, 11) is 0. The van der Waals surface area contributed by atoms with Gasteiger partial charge in [0.05, 0.1) is 23.5 Å². The fraction of sp³-hybridized carbons (Fsp3) is 0.458. The van der Waals surface area contributed by atoms with Crippen LogP contribution in [0.25, 0.3) is 10.9 Å². The number of amides is 1. The molecule has 0 spiro atoms. The van der Waals surface area contributed by atoms with Crippen molar-refractivity contribution in [1.29, 1.82) is 0 Å². The molecule has 1 amide bonds. The summed E-state index contributed by atoms with van der Waals surface area (Å²) in [5.41, 5.74) is 1.02. The molecule has 2 aliphatic carbocycles. The zero-order chi connectivity index (χ0) is 24.5. The van der Waals surface area contributed by atoms with Gasteiger partial charge in [-0.25, -0.2) is 4.39 Å². The molecule has 2 fully saturated rings. The normalized spacial score (nSPS) is 23.3. The Bertz CT molecular complexity index is 1140. The molecule has 2 saturated carbocycles. The molecule has 5 rings (SSSR count). The Kier molecular flexibility index (Phi) is 6.77. The number of carbonyl (C=O) groups is 1. The molecule has 1 aromatic carbocycles. The van der Waals surface area contributed by atoms with E-state index in [9.17, 15) is 22.4 Å². The molecule has 10 heteroatoms. The molecule has 1 N–H and O–H groups in total. The molecule has 2 unspecified atom stereocenters. The van der Waals surface area contributed by atoms with Gasteiger partial charge in [-0.05, 0) is 60.8 Å². The Morgan fingerprint density at radius 1 is 1.24 bits per heavy atom. The molecule has 34 heavy (non-hydrogen) atoms. The first kappa shape index (κ1) is 24.0. The predicted octanol–water partition coefficient (Wildman–Crippen LogP) is 5.45. The first-order valence-electron chi connectivity index (χ1n) is 11.1. The van der Waals surface area contributed by atoms with Crippen LogP contribution in [0.15, 0.2) is 42.9 Å². The van der Waals surface area contributed by atoms with Crippen LogP contribution in [0.5, 0.6) is 5.75 Å². The third kappa shape index (κ3) is 5.66. The van der Waals surface area contributed by atoms with Crippen LogP contribution in [0, 0.1) is 29.5 Å². The lowest BCUT2D eigenvalue weighted by Crippen LogP contribution is -2.17. The van der Waals surface area contributed by atoms with Crippen LogP contribution in [-0.4, -0.2) is 33.5 Å². The predicted molar refractivity (Wildman–Crippen MR) is 119 cm³/mol. The number of fused-ring (bicyclic) bond motifs is 2. The molecule has 2 aliphatic rings. The number of nitrogens with one attached hydrogen (secondary N) is 1. The number of halogens is 4. The fourth-order valence-corrected chi connectivity index (χ4v) is 5.08. The van der Waals surface area contributed by atoms with E-state index in [1.807, 2.05) is 6.07 Å². The maximum absolute atomic E-state index is 13.5. The number of alkyl halides is 3. The largest absolute Gasteiger partial charge is 0.490 e. The summed E-state index contributed by atoms with van der Waals surface area (Å²) in [6, 6.07) is 6.52. The Hall–Kier alpha value is -3.17. The lowest BCUT2D eigenvalue weighted by molar-refractivity contribution is -0.142. The van der Waals surface area contributed by atoms with E-state index in [1.165, 1.54) is 12.1 Å². The van der Waals surface area contributed by atoms with Gasteiger partial charge in [0, 0.05) is 17.8 Å². The van der Waals surface area contributed by atoms with E-state index in [0.717, 1.165) is 65.6 Å². The summed E-state index contributed by atoms with van der Waals surface area (Å²) in [4.78, 5) is 14.2. The molecule has 0 saturated heterocycles. The van der Waals surface area contributed by atoms with Crippen molar-refractivity contribution in [3.05, 3.63) is 48.7 Å². The molecule has 2 atom stereocenters. The van der Waals surface area contributed by atoms with Gasteiger partial charge in [-0.2, -0.15) is 18.3 Å². The summed E-state index contributed by atoms with van der Waals surface area (Å²) in [6.07, 6.45) is 2.62. The van der Waals surface area contributed by atoms with E-state index < -0.39 is 12.7 Å². The van der Waals surface area contributed by atoms with E-state index in [-0.39, 0.29) is 17.6 Å². The molecule has 2 aromatic heterocycles. The maximum Gasteiger partial charge on any atom is 0.408 e. The summed E-state index contributed by atoms with van der Waals surface area (Å²) in [5.74, 6) is 3.91. The first-order valence-corrected chi connectivity index (χ1v) is 11.1. The lowest BCUT2D eigenvalue weighted by Gasteiger charge is -2.19. The minimum Gasteiger partial charge on any atom is -0.490 e. The van der Waals surface area contributed by atoms with Gasteiger partial charge in [0.2, 0.25) is 6.41 Å². The fourth-order valence-electron chi connectivity index (χ4n) is 5.08. The molecular formula is C24H26F4N4O2. The highest BCUT2D eigenvalue weighted by Crippen LogP contribution is 2.61. The van der Waals surface area contributed by atoms with Gasteiger partial charge < -0.3 is 10.1 Å². The van der Waals surface area contributed by atoms with E-state index in [0.29, 0.717) is 11.1 Å². The van der Waals surface area contributed by atoms with Gasteiger partial charge in [0.25, 0.3) is 0 Å². The SMILES string of the molecule is CC(C)C1C2CC(Oc3ccnc4ccc(F)cc34)CC21.O=CNc1cnn(CC(F)(F)F)c1. The molecule has 2 heterocycles. The average molecular weight is 478 g/mol. The number of benzene rings is 1. The topological polar surface area (TPSA) is 69.0 Å². The second-order valence-electron chi connectivity index (χ2n) is 9.13. The van der Waals surface area contributed by atoms with Crippen molar-refractivity contribution in [3.63, 3.8) is 0 Å². The minimum absolute atomic E-state index is 0.235. The Labute approximate surface area is 194 Å². The van der Waals surface area contributed by atoms with Crippen LogP contribution >= 0.6 is 0 Å². The van der Waals surface area contributed by atoms with Crippen LogP contribution in [0.4, 0.5) is 23.2 Å². The van der Waals surface area contributed by atoms with Gasteiger partial charge in [0.1, 0.15) is 18.1 Å². The number of anilines is 1. The number of rotatable bonds is 6. The zero-order valence-corrected chi connectivity index (χ0v) is 18.8. The molecule has 0 aliphatic heterocycles. The van der Waals surface area contributed by atoms with E-state index >= 15 is 0 Å². The smallest absolute Gasteiger partial charge is 0.408 e. The number of hydrogen-bond acceptors (Lipinski definition) is 4. The van der Waals surface area contributed by atoms with Gasteiger partial charge >= 0.3 is 6.18 Å². The highest BCUT2D eigenvalue weighted by Gasteiger charge is 2.57. The molecule has 6 nitrogen and oxygen atoms in total. The Morgan fingerprint density at radius 3 is 2.62 bits per heavy atom. The van der Waals surface area contributed by atoms with E-state index in [4.69, 9.17) is 4.74 Å². The van der Waals surface area contributed by atoms with Crippen LogP contribution < -0.4 is 10.1 Å². The van der Waals surface area contributed by atoms with Crippen LogP contribution in [-0.2, 0) is 11.3 Å². The average Bonchev–Trinajstić information content (AvgIpc) is 3.04. The molecule has 3 aromatic rings. The maximum atomic E-state index is 13.5. The number of aromatic nitrogens is 3. The highest BCUT2D eigenvalue weighted by molar-refractivity contribution is 5.84. The quantitative estimate of drug-likeness (QED) is 0.378. The van der Waals surface area contributed by atoms with Crippen molar-refractivity contribution >= 4 is 23.0 Å². The summed E-state index contributed by atoms with van der Waals surface area (Å²) < 4.78 is 55.7. The number of hydrogen-bond donors (Lipinski definition) is 1. The summed E-state index contributed by atoms with van der Waals surface area (Å²) >= 11 is 0. The van der Waals surface area contributed by atoms with Crippen molar-refractivity contribution in [2.75, 3.05) is 5.32 Å². The molecule has 0 bridgehead atoms. The Morgan fingerprint density at radius 2 is 1.97 bits per heavy atom. The second-order valence-corrected chi connectivity index (χ2v) is 9.13. The monoisotopic (exact) mass is 478 g/mol. The van der Waals surface area contributed by atoms with Crippen LogP contribution in [0.2, 0.25) is 0 Å².